The maximum atomic E-state index is 13.1. The Kier molecular flexibility index (Phi) is 10.9. The summed E-state index contributed by atoms with van der Waals surface area (Å²) >= 11 is 19.5. The molecule has 3 rings (SSSR count). The largest absolute Gasteiger partial charge is 0.495 e. The molecule has 0 fully saturated rings. The van der Waals surface area contributed by atoms with E-state index in [1.54, 1.807) is 36.4 Å². The number of ether oxygens (including phenoxy) is 1. The summed E-state index contributed by atoms with van der Waals surface area (Å²) in [7, 11) is 1.51. The van der Waals surface area contributed by atoms with Crippen LogP contribution in [0.1, 0.15) is 42.5 Å². The van der Waals surface area contributed by atoms with Gasteiger partial charge in [-0.25, -0.2) is 0 Å². The topological polar surface area (TPSA) is 98.1 Å². The predicted octanol–water partition coefficient (Wildman–Crippen LogP) is 6.68. The van der Waals surface area contributed by atoms with Gasteiger partial charge < -0.3 is 19.9 Å². The number of carbonyl (C=O) groups excluding carboxylic acids is 2. The molecule has 0 saturated carbocycles. The number of nitrogens with one attached hydrogen (secondary N) is 2. The van der Waals surface area contributed by atoms with Crippen LogP contribution in [-0.2, 0) is 11.3 Å². The lowest BCUT2D eigenvalue weighted by Gasteiger charge is -2.21. The minimum Gasteiger partial charge on any atom is -0.495 e. The fourth-order valence-corrected chi connectivity index (χ4v) is 5.09. The molecule has 0 saturated heterocycles. The van der Waals surface area contributed by atoms with E-state index in [2.05, 4.69) is 27.4 Å². The Morgan fingerprint density at radius 3 is 2.50 bits per heavy atom. The maximum Gasteiger partial charge on any atom is 0.253 e. The number of allylic oxidation sites excluding steroid dienone is 1. The molecule has 0 unspecified atom stereocenters. The van der Waals surface area contributed by atoms with Gasteiger partial charge in [0.25, 0.3) is 5.91 Å². The number of rotatable bonds is 12. The summed E-state index contributed by atoms with van der Waals surface area (Å²) < 4.78 is 7.12. The van der Waals surface area contributed by atoms with E-state index in [-0.39, 0.29) is 28.5 Å². The van der Waals surface area contributed by atoms with Crippen LogP contribution in [0.2, 0.25) is 15.1 Å². The van der Waals surface area contributed by atoms with Gasteiger partial charge in [-0.3, -0.25) is 9.59 Å². The quantitative estimate of drug-likeness (QED) is 0.179. The van der Waals surface area contributed by atoms with Crippen LogP contribution in [0.5, 0.6) is 5.75 Å². The van der Waals surface area contributed by atoms with Gasteiger partial charge in [-0.1, -0.05) is 66.5 Å². The number of carbonyl (C=O) groups is 2. The first-order valence-corrected chi connectivity index (χ1v) is 13.8. The minimum atomic E-state index is -0.458. The van der Waals surface area contributed by atoms with E-state index in [1.807, 2.05) is 18.4 Å². The lowest BCUT2D eigenvalue weighted by atomic mass is 10.0. The zero-order chi connectivity index (χ0) is 27.8. The van der Waals surface area contributed by atoms with Crippen molar-refractivity contribution in [3.05, 3.63) is 75.5 Å². The normalized spacial score (nSPS) is 11.8. The Bertz CT molecular complexity index is 1320. The van der Waals surface area contributed by atoms with E-state index >= 15 is 0 Å². The monoisotopic (exact) mass is 595 g/mol. The molecule has 2 amide bonds. The molecule has 8 nitrogen and oxygen atoms in total. The third-order valence-corrected chi connectivity index (χ3v) is 7.07. The van der Waals surface area contributed by atoms with Crippen molar-refractivity contribution in [2.45, 2.75) is 38.0 Å². The van der Waals surface area contributed by atoms with Gasteiger partial charge in [0, 0.05) is 16.6 Å². The van der Waals surface area contributed by atoms with Crippen LogP contribution in [0.25, 0.3) is 0 Å². The molecular weight excluding hydrogens is 569 g/mol. The highest BCUT2D eigenvalue weighted by molar-refractivity contribution is 7.99. The summed E-state index contributed by atoms with van der Waals surface area (Å²) in [6.07, 6.45) is 2.31. The zero-order valence-electron chi connectivity index (χ0n) is 21.1. The summed E-state index contributed by atoms with van der Waals surface area (Å²) in [6.45, 7) is 8.32. The van der Waals surface area contributed by atoms with E-state index in [9.17, 15) is 9.59 Å². The van der Waals surface area contributed by atoms with Crippen LogP contribution in [0.4, 0.5) is 5.69 Å². The van der Waals surface area contributed by atoms with Gasteiger partial charge in [-0.15, -0.1) is 16.8 Å². The van der Waals surface area contributed by atoms with E-state index < -0.39 is 6.04 Å². The molecule has 0 spiro atoms. The number of thioether (sulfide) groups is 1. The van der Waals surface area contributed by atoms with Crippen LogP contribution >= 0.6 is 46.6 Å². The van der Waals surface area contributed by atoms with E-state index in [0.29, 0.717) is 51.0 Å². The fraction of sp³-hybridized carbons (Fsp3) is 0.308. The Hall–Kier alpha value is -2.72. The molecule has 202 valence electrons. The molecule has 0 aliphatic heterocycles. The smallest absolute Gasteiger partial charge is 0.253 e. The van der Waals surface area contributed by atoms with Gasteiger partial charge in [0.15, 0.2) is 11.0 Å². The Morgan fingerprint density at radius 2 is 1.84 bits per heavy atom. The van der Waals surface area contributed by atoms with E-state index in [1.165, 1.54) is 24.9 Å². The lowest BCUT2D eigenvalue weighted by molar-refractivity contribution is -0.113. The van der Waals surface area contributed by atoms with Gasteiger partial charge in [0.1, 0.15) is 5.75 Å². The second kappa shape index (κ2) is 13.9. The summed E-state index contributed by atoms with van der Waals surface area (Å²) in [5.74, 6) is 0.731. The van der Waals surface area contributed by atoms with Gasteiger partial charge in [-0.05, 0) is 48.7 Å². The Balaban J connectivity index is 1.80. The second-order valence-electron chi connectivity index (χ2n) is 8.70. The van der Waals surface area contributed by atoms with Crippen molar-refractivity contribution in [2.24, 2.45) is 5.92 Å². The number of hydrogen-bond donors (Lipinski definition) is 2. The number of benzene rings is 2. The molecular formula is C26H28Cl3N5O3S. The molecule has 0 radical (unpaired) electrons. The fourth-order valence-electron chi connectivity index (χ4n) is 3.67. The lowest BCUT2D eigenvalue weighted by Crippen LogP contribution is -2.32. The standard InChI is InChI=1S/C26H28Cl3N5O3S/c1-5-10-34-24(21(11-15(2)3)31-25(36)18-8-6-16(27)12-19(18)29)32-33-26(34)38-14-23(35)30-20-13-17(28)7-9-22(20)37-4/h5-9,12-13,15,21H,1,10-11,14H2,2-4H3,(H,30,35)(H,31,36)/t21-/m1/s1. The molecule has 0 bridgehead atoms. The molecule has 2 N–H and O–H groups in total. The Morgan fingerprint density at radius 1 is 1.13 bits per heavy atom. The SMILES string of the molecule is C=CCn1c(SCC(=O)Nc2cc(Cl)ccc2OC)nnc1[C@@H](CC(C)C)NC(=O)c1ccc(Cl)cc1Cl. The first-order valence-electron chi connectivity index (χ1n) is 11.7. The molecule has 3 aromatic rings. The molecule has 1 aromatic heterocycles. The highest BCUT2D eigenvalue weighted by atomic mass is 35.5. The number of hydrogen-bond acceptors (Lipinski definition) is 6. The summed E-state index contributed by atoms with van der Waals surface area (Å²) in [5.41, 5.74) is 0.779. The van der Waals surface area contributed by atoms with Gasteiger partial charge in [-0.2, -0.15) is 0 Å². The van der Waals surface area contributed by atoms with Crippen LogP contribution in [-0.4, -0.2) is 39.4 Å². The number of aromatic nitrogens is 3. The molecule has 38 heavy (non-hydrogen) atoms. The summed E-state index contributed by atoms with van der Waals surface area (Å²) in [4.78, 5) is 25.8. The van der Waals surface area contributed by atoms with Crippen molar-refractivity contribution in [1.29, 1.82) is 0 Å². The number of methoxy groups -OCH3 is 1. The van der Waals surface area contributed by atoms with E-state index in [0.717, 1.165) is 0 Å². The maximum absolute atomic E-state index is 13.1. The van der Waals surface area contributed by atoms with Crippen LogP contribution in [0.3, 0.4) is 0 Å². The second-order valence-corrected chi connectivity index (χ2v) is 10.9. The third kappa shape index (κ3) is 7.89. The van der Waals surface area contributed by atoms with Crippen molar-refractivity contribution in [1.82, 2.24) is 20.1 Å². The number of amides is 2. The van der Waals surface area contributed by atoms with E-state index in [4.69, 9.17) is 39.5 Å². The number of anilines is 1. The van der Waals surface area contributed by atoms with Crippen molar-refractivity contribution in [3.8, 4) is 5.75 Å². The van der Waals surface area contributed by atoms with Crippen molar-refractivity contribution in [3.63, 3.8) is 0 Å². The highest BCUT2D eigenvalue weighted by Gasteiger charge is 2.25. The zero-order valence-corrected chi connectivity index (χ0v) is 24.2. The summed E-state index contributed by atoms with van der Waals surface area (Å²) in [6, 6.07) is 9.23. The van der Waals surface area contributed by atoms with Crippen LogP contribution in [0.15, 0.2) is 54.2 Å². The van der Waals surface area contributed by atoms with Crippen molar-refractivity contribution < 1.29 is 14.3 Å². The summed E-state index contributed by atoms with van der Waals surface area (Å²) in [5, 5.41) is 16.2. The molecule has 1 atom stereocenters. The average molecular weight is 597 g/mol. The molecule has 12 heteroatoms. The molecule has 0 aliphatic carbocycles. The van der Waals surface area contributed by atoms with Crippen molar-refractivity contribution >= 4 is 64.1 Å². The van der Waals surface area contributed by atoms with Gasteiger partial charge in [0.2, 0.25) is 5.91 Å². The van der Waals surface area contributed by atoms with Gasteiger partial charge in [0.05, 0.1) is 35.2 Å². The number of nitrogens with zero attached hydrogens (tertiary/aromatic N) is 3. The molecule has 1 heterocycles. The van der Waals surface area contributed by atoms with Crippen molar-refractivity contribution in [2.75, 3.05) is 18.2 Å². The number of halogens is 3. The predicted molar refractivity (Wildman–Crippen MR) is 154 cm³/mol. The Labute approximate surface area is 241 Å². The molecule has 2 aromatic carbocycles. The van der Waals surface area contributed by atoms with Crippen LogP contribution in [0, 0.1) is 5.92 Å². The highest BCUT2D eigenvalue weighted by Crippen LogP contribution is 2.29. The van der Waals surface area contributed by atoms with Crippen LogP contribution < -0.4 is 15.4 Å². The molecule has 0 aliphatic rings. The first kappa shape index (κ1) is 29.8. The first-order chi connectivity index (χ1) is 18.1. The average Bonchev–Trinajstić information content (AvgIpc) is 3.25. The van der Waals surface area contributed by atoms with Gasteiger partial charge >= 0.3 is 0 Å². The minimum absolute atomic E-state index is 0.0620. The third-order valence-electron chi connectivity index (χ3n) is 5.32.